The normalized spacial score (nSPS) is 16.6. The number of carbonyl (C=O) groups is 1. The molecular weight excluding hydrogens is 343 g/mol. The standard InChI is InChI=1S/C18H19FN2O3S/c1-13-11-14-7-3-5-9-16(14)21(13)18(22)12-20(25(2,23)24)17-10-6-4-8-15(17)19/h3-10,13H,11-12H2,1-2H3. The van der Waals surface area contributed by atoms with Crippen LogP contribution in [0.25, 0.3) is 0 Å². The van der Waals surface area contributed by atoms with Gasteiger partial charge in [0.25, 0.3) is 0 Å². The molecule has 0 aromatic heterocycles. The Bertz CT molecular complexity index is 914. The van der Waals surface area contributed by atoms with E-state index in [4.69, 9.17) is 0 Å². The van der Waals surface area contributed by atoms with Gasteiger partial charge in [0.15, 0.2) is 0 Å². The molecule has 5 nitrogen and oxygen atoms in total. The lowest BCUT2D eigenvalue weighted by atomic mass is 10.1. The average molecular weight is 362 g/mol. The highest BCUT2D eigenvalue weighted by Gasteiger charge is 2.33. The van der Waals surface area contributed by atoms with Gasteiger partial charge in [-0.05, 0) is 37.1 Å². The molecule has 0 spiro atoms. The first-order valence-corrected chi connectivity index (χ1v) is 9.76. The summed E-state index contributed by atoms with van der Waals surface area (Å²) in [5, 5.41) is 0. The molecule has 1 unspecified atom stereocenters. The monoisotopic (exact) mass is 362 g/mol. The van der Waals surface area contributed by atoms with E-state index in [1.807, 2.05) is 31.2 Å². The largest absolute Gasteiger partial charge is 0.307 e. The first-order chi connectivity index (χ1) is 11.8. The number of benzene rings is 2. The highest BCUT2D eigenvalue weighted by molar-refractivity contribution is 7.92. The Morgan fingerprint density at radius 3 is 2.52 bits per heavy atom. The van der Waals surface area contributed by atoms with Crippen molar-refractivity contribution in [1.29, 1.82) is 0 Å². The van der Waals surface area contributed by atoms with Gasteiger partial charge in [-0.25, -0.2) is 12.8 Å². The van der Waals surface area contributed by atoms with Gasteiger partial charge in [0, 0.05) is 11.7 Å². The quantitative estimate of drug-likeness (QED) is 0.840. The van der Waals surface area contributed by atoms with Crippen LogP contribution in [0, 0.1) is 5.82 Å². The van der Waals surface area contributed by atoms with Crippen LogP contribution in [-0.2, 0) is 21.2 Å². The number of para-hydroxylation sites is 2. The van der Waals surface area contributed by atoms with Crippen LogP contribution in [0.3, 0.4) is 0 Å². The first kappa shape index (κ1) is 17.4. The molecule has 3 rings (SSSR count). The van der Waals surface area contributed by atoms with Crippen molar-refractivity contribution >= 4 is 27.3 Å². The minimum atomic E-state index is -3.81. The summed E-state index contributed by atoms with van der Waals surface area (Å²) in [5.74, 6) is -1.07. The van der Waals surface area contributed by atoms with Crippen LogP contribution in [0.1, 0.15) is 12.5 Å². The van der Waals surface area contributed by atoms with Crippen molar-refractivity contribution in [3.63, 3.8) is 0 Å². The Morgan fingerprint density at radius 2 is 1.84 bits per heavy atom. The Kier molecular flexibility index (Phi) is 4.51. The maximum atomic E-state index is 14.1. The Morgan fingerprint density at radius 1 is 1.20 bits per heavy atom. The lowest BCUT2D eigenvalue weighted by Crippen LogP contribution is -2.45. The molecular formula is C18H19FN2O3S. The van der Waals surface area contributed by atoms with Gasteiger partial charge in [-0.3, -0.25) is 9.10 Å². The maximum Gasteiger partial charge on any atom is 0.248 e. The Labute approximate surface area is 146 Å². The second-order valence-electron chi connectivity index (χ2n) is 6.17. The van der Waals surface area contributed by atoms with Gasteiger partial charge >= 0.3 is 0 Å². The van der Waals surface area contributed by atoms with Crippen LogP contribution in [0.15, 0.2) is 48.5 Å². The molecule has 2 aromatic carbocycles. The SMILES string of the molecule is CC1Cc2ccccc2N1C(=O)CN(c1ccccc1F)S(C)(=O)=O. The van der Waals surface area contributed by atoms with Crippen LogP contribution < -0.4 is 9.21 Å². The number of halogens is 1. The lowest BCUT2D eigenvalue weighted by Gasteiger charge is -2.28. The number of amides is 1. The molecule has 1 aliphatic heterocycles. The molecule has 0 radical (unpaired) electrons. The van der Waals surface area contributed by atoms with E-state index < -0.39 is 22.4 Å². The van der Waals surface area contributed by atoms with Crippen LogP contribution in [0.5, 0.6) is 0 Å². The van der Waals surface area contributed by atoms with E-state index in [0.29, 0.717) is 6.42 Å². The van der Waals surface area contributed by atoms with Gasteiger partial charge < -0.3 is 4.90 Å². The number of hydrogen-bond donors (Lipinski definition) is 0. The summed E-state index contributed by atoms with van der Waals surface area (Å²) >= 11 is 0. The molecule has 1 atom stereocenters. The van der Waals surface area contributed by atoms with Gasteiger partial charge in [-0.2, -0.15) is 0 Å². The van der Waals surface area contributed by atoms with E-state index in [1.54, 1.807) is 4.90 Å². The molecule has 132 valence electrons. The molecule has 1 amide bonds. The summed E-state index contributed by atoms with van der Waals surface area (Å²) in [6.07, 6.45) is 1.68. The lowest BCUT2D eigenvalue weighted by molar-refractivity contribution is -0.117. The fourth-order valence-corrected chi connectivity index (χ4v) is 4.03. The molecule has 0 saturated heterocycles. The molecule has 1 heterocycles. The summed E-state index contributed by atoms with van der Waals surface area (Å²) in [7, 11) is -3.81. The van der Waals surface area contributed by atoms with Crippen LogP contribution >= 0.6 is 0 Å². The number of nitrogens with zero attached hydrogens (tertiary/aromatic N) is 2. The third-order valence-electron chi connectivity index (χ3n) is 4.28. The highest BCUT2D eigenvalue weighted by atomic mass is 32.2. The molecule has 0 N–H and O–H groups in total. The zero-order valence-electron chi connectivity index (χ0n) is 14.0. The highest BCUT2D eigenvalue weighted by Crippen LogP contribution is 2.32. The number of anilines is 2. The minimum Gasteiger partial charge on any atom is -0.307 e. The Balaban J connectivity index is 1.94. The van der Waals surface area contributed by atoms with E-state index in [2.05, 4.69) is 0 Å². The van der Waals surface area contributed by atoms with E-state index in [0.717, 1.165) is 21.8 Å². The number of hydrogen-bond acceptors (Lipinski definition) is 3. The third kappa shape index (κ3) is 3.37. The van der Waals surface area contributed by atoms with Gasteiger partial charge in [0.1, 0.15) is 12.4 Å². The fourth-order valence-electron chi connectivity index (χ4n) is 3.18. The molecule has 1 aliphatic rings. The summed E-state index contributed by atoms with van der Waals surface area (Å²) in [6, 6.07) is 13.0. The predicted molar refractivity (Wildman–Crippen MR) is 95.7 cm³/mol. The molecule has 0 bridgehead atoms. The van der Waals surface area contributed by atoms with E-state index in [1.165, 1.54) is 24.3 Å². The van der Waals surface area contributed by atoms with Crippen molar-refractivity contribution in [2.45, 2.75) is 19.4 Å². The number of fused-ring (bicyclic) bond motifs is 1. The summed E-state index contributed by atoms with van der Waals surface area (Å²) in [5.41, 5.74) is 1.70. The second-order valence-corrected chi connectivity index (χ2v) is 8.07. The van der Waals surface area contributed by atoms with Gasteiger partial charge in [-0.1, -0.05) is 30.3 Å². The zero-order valence-corrected chi connectivity index (χ0v) is 14.8. The molecule has 25 heavy (non-hydrogen) atoms. The van der Waals surface area contributed by atoms with E-state index in [-0.39, 0.29) is 17.6 Å². The van der Waals surface area contributed by atoms with Gasteiger partial charge in [0.05, 0.1) is 11.9 Å². The van der Waals surface area contributed by atoms with Crippen LogP contribution in [0.2, 0.25) is 0 Å². The summed E-state index contributed by atoms with van der Waals surface area (Å²) in [6.45, 7) is 1.46. The van der Waals surface area contributed by atoms with Crippen LogP contribution in [0.4, 0.5) is 15.8 Å². The summed E-state index contributed by atoms with van der Waals surface area (Å²) in [4.78, 5) is 14.4. The third-order valence-corrected chi connectivity index (χ3v) is 5.40. The summed E-state index contributed by atoms with van der Waals surface area (Å²) < 4.78 is 39.2. The van der Waals surface area contributed by atoms with E-state index in [9.17, 15) is 17.6 Å². The van der Waals surface area contributed by atoms with Gasteiger partial charge in [0.2, 0.25) is 15.9 Å². The topological polar surface area (TPSA) is 57.7 Å². The first-order valence-electron chi connectivity index (χ1n) is 7.91. The van der Waals surface area contributed by atoms with Crippen molar-refractivity contribution < 1.29 is 17.6 Å². The predicted octanol–water partition coefficient (Wildman–Crippen LogP) is 2.57. The fraction of sp³-hybridized carbons (Fsp3) is 0.278. The molecule has 0 saturated carbocycles. The number of carbonyl (C=O) groups excluding carboxylic acids is 1. The molecule has 2 aromatic rings. The minimum absolute atomic E-state index is 0.0769. The van der Waals surface area contributed by atoms with Crippen molar-refractivity contribution in [3.05, 3.63) is 59.9 Å². The zero-order chi connectivity index (χ0) is 18.2. The van der Waals surface area contributed by atoms with Gasteiger partial charge in [-0.15, -0.1) is 0 Å². The number of sulfonamides is 1. The van der Waals surface area contributed by atoms with Crippen molar-refractivity contribution in [3.8, 4) is 0 Å². The number of rotatable bonds is 4. The Hall–Kier alpha value is -2.41. The maximum absolute atomic E-state index is 14.1. The van der Waals surface area contributed by atoms with E-state index >= 15 is 0 Å². The molecule has 0 aliphatic carbocycles. The second kappa shape index (κ2) is 6.48. The molecule has 0 fully saturated rings. The average Bonchev–Trinajstić information content (AvgIpc) is 2.88. The van der Waals surface area contributed by atoms with Crippen molar-refractivity contribution in [2.24, 2.45) is 0 Å². The van der Waals surface area contributed by atoms with Crippen LogP contribution in [-0.4, -0.2) is 33.2 Å². The van der Waals surface area contributed by atoms with Crippen molar-refractivity contribution in [1.82, 2.24) is 0 Å². The van der Waals surface area contributed by atoms with Crippen molar-refractivity contribution in [2.75, 3.05) is 22.0 Å². The smallest absolute Gasteiger partial charge is 0.248 e. The molecule has 7 heteroatoms.